The molecule has 0 unspecified atom stereocenters. The van der Waals surface area contributed by atoms with E-state index >= 15 is 0 Å². The fraction of sp³-hybridized carbons (Fsp3) is 0.286. The molecule has 2 rings (SSSR count). The lowest BCUT2D eigenvalue weighted by atomic mass is 10.4. The summed E-state index contributed by atoms with van der Waals surface area (Å²) in [4.78, 5) is 0. The van der Waals surface area contributed by atoms with Crippen molar-refractivity contribution >= 4 is 16.5 Å². The minimum Gasteiger partial charge on any atom is -0.369 e. The third-order valence-electron chi connectivity index (χ3n) is 1.73. The van der Waals surface area contributed by atoms with Crippen LogP contribution in [-0.2, 0) is 13.6 Å². The SMILES string of the molecule is Cn1nccc1CNc1cnns1. The Morgan fingerprint density at radius 3 is 3.15 bits per heavy atom. The molecular formula is C7H9N5S. The van der Waals surface area contributed by atoms with Gasteiger partial charge in [-0.25, -0.2) is 0 Å². The molecule has 0 amide bonds. The summed E-state index contributed by atoms with van der Waals surface area (Å²) in [6, 6.07) is 1.97. The smallest absolute Gasteiger partial charge is 0.130 e. The van der Waals surface area contributed by atoms with Gasteiger partial charge in [0, 0.05) is 24.8 Å². The standard InChI is InChI=1S/C7H9N5S/c1-12-6(2-3-10-12)4-8-7-5-9-11-13-7/h2-3,5,8H,4H2,1H3. The van der Waals surface area contributed by atoms with Gasteiger partial charge >= 0.3 is 0 Å². The van der Waals surface area contributed by atoms with Crippen LogP contribution in [0.5, 0.6) is 0 Å². The number of nitrogens with one attached hydrogen (secondary N) is 1. The number of hydrogen-bond donors (Lipinski definition) is 1. The normalized spacial score (nSPS) is 10.2. The van der Waals surface area contributed by atoms with Gasteiger partial charge in [-0.2, -0.15) is 5.10 Å². The summed E-state index contributed by atoms with van der Waals surface area (Å²) in [7, 11) is 1.92. The molecule has 2 aromatic rings. The van der Waals surface area contributed by atoms with E-state index in [1.165, 1.54) is 11.5 Å². The summed E-state index contributed by atoms with van der Waals surface area (Å²) in [5.41, 5.74) is 1.13. The molecule has 6 heteroatoms. The van der Waals surface area contributed by atoms with Crippen LogP contribution in [0.1, 0.15) is 5.69 Å². The zero-order valence-corrected chi connectivity index (χ0v) is 7.95. The van der Waals surface area contributed by atoms with E-state index in [2.05, 4.69) is 20.0 Å². The van der Waals surface area contributed by atoms with E-state index < -0.39 is 0 Å². The summed E-state index contributed by atoms with van der Waals surface area (Å²) in [6.45, 7) is 0.750. The van der Waals surface area contributed by atoms with E-state index in [9.17, 15) is 0 Å². The number of aromatic nitrogens is 4. The van der Waals surface area contributed by atoms with Crippen LogP contribution in [0.4, 0.5) is 5.00 Å². The first-order valence-corrected chi connectivity index (χ1v) is 4.62. The van der Waals surface area contributed by atoms with Gasteiger partial charge in [0.05, 0.1) is 18.4 Å². The zero-order chi connectivity index (χ0) is 9.10. The van der Waals surface area contributed by atoms with Crippen LogP contribution in [0.3, 0.4) is 0 Å². The van der Waals surface area contributed by atoms with Gasteiger partial charge in [0.15, 0.2) is 0 Å². The summed E-state index contributed by atoms with van der Waals surface area (Å²) < 4.78 is 5.59. The summed E-state index contributed by atoms with van der Waals surface area (Å²) in [5.74, 6) is 0. The van der Waals surface area contributed by atoms with Gasteiger partial charge in [0.2, 0.25) is 0 Å². The Hall–Kier alpha value is -1.43. The second-order valence-corrected chi connectivity index (χ2v) is 3.37. The van der Waals surface area contributed by atoms with Gasteiger partial charge in [0.25, 0.3) is 0 Å². The van der Waals surface area contributed by atoms with Crippen LogP contribution < -0.4 is 5.32 Å². The Labute approximate surface area is 79.6 Å². The molecule has 0 saturated heterocycles. The van der Waals surface area contributed by atoms with Crippen molar-refractivity contribution in [2.24, 2.45) is 7.05 Å². The van der Waals surface area contributed by atoms with Gasteiger partial charge in [-0.3, -0.25) is 4.68 Å². The first-order chi connectivity index (χ1) is 6.36. The van der Waals surface area contributed by atoms with E-state index in [0.29, 0.717) is 0 Å². The van der Waals surface area contributed by atoms with Crippen LogP contribution in [0.15, 0.2) is 18.5 Å². The number of hydrogen-bond acceptors (Lipinski definition) is 5. The molecule has 0 spiro atoms. The van der Waals surface area contributed by atoms with Gasteiger partial charge < -0.3 is 5.32 Å². The van der Waals surface area contributed by atoms with Gasteiger partial charge in [0.1, 0.15) is 5.00 Å². The topological polar surface area (TPSA) is 55.6 Å². The van der Waals surface area contributed by atoms with Crippen LogP contribution in [0, 0.1) is 0 Å². The maximum absolute atomic E-state index is 4.07. The van der Waals surface area contributed by atoms with Crippen LogP contribution in [-0.4, -0.2) is 19.4 Å². The average molecular weight is 195 g/mol. The lowest BCUT2D eigenvalue weighted by Gasteiger charge is -2.01. The van der Waals surface area contributed by atoms with Crippen molar-refractivity contribution in [3.63, 3.8) is 0 Å². The third-order valence-corrected chi connectivity index (χ3v) is 2.35. The Morgan fingerprint density at radius 2 is 2.54 bits per heavy atom. The molecule has 0 aliphatic carbocycles. The maximum atomic E-state index is 4.07. The van der Waals surface area contributed by atoms with Crippen molar-refractivity contribution < 1.29 is 0 Å². The second kappa shape index (κ2) is 3.53. The molecule has 13 heavy (non-hydrogen) atoms. The van der Waals surface area contributed by atoms with E-state index in [1.807, 2.05) is 17.8 Å². The Kier molecular flexibility index (Phi) is 2.22. The van der Waals surface area contributed by atoms with E-state index in [1.54, 1.807) is 12.4 Å². The summed E-state index contributed by atoms with van der Waals surface area (Å²) in [6.07, 6.45) is 3.49. The molecule has 1 N–H and O–H groups in total. The van der Waals surface area contributed by atoms with Gasteiger partial charge in [-0.15, -0.1) is 5.10 Å². The second-order valence-electron chi connectivity index (χ2n) is 2.58. The van der Waals surface area contributed by atoms with Crippen LogP contribution in [0.2, 0.25) is 0 Å². The lowest BCUT2D eigenvalue weighted by molar-refractivity contribution is 0.721. The zero-order valence-electron chi connectivity index (χ0n) is 7.14. The lowest BCUT2D eigenvalue weighted by Crippen LogP contribution is -2.04. The predicted octanol–water partition coefficient (Wildman–Crippen LogP) is 0.884. The van der Waals surface area contributed by atoms with E-state index in [-0.39, 0.29) is 0 Å². The minimum absolute atomic E-state index is 0.750. The largest absolute Gasteiger partial charge is 0.369 e. The minimum atomic E-state index is 0.750. The maximum Gasteiger partial charge on any atom is 0.130 e. The molecule has 0 aliphatic rings. The first-order valence-electron chi connectivity index (χ1n) is 3.84. The number of anilines is 1. The quantitative estimate of drug-likeness (QED) is 0.790. The Balaban J connectivity index is 1.97. The monoisotopic (exact) mass is 195 g/mol. The molecule has 0 aliphatic heterocycles. The molecule has 0 radical (unpaired) electrons. The molecule has 0 bridgehead atoms. The third kappa shape index (κ3) is 1.83. The molecule has 0 fully saturated rings. The number of aryl methyl sites for hydroxylation is 1. The van der Waals surface area contributed by atoms with Crippen molar-refractivity contribution in [3.8, 4) is 0 Å². The fourth-order valence-corrected chi connectivity index (χ4v) is 1.41. The molecular weight excluding hydrogens is 186 g/mol. The molecule has 2 heterocycles. The number of nitrogens with zero attached hydrogens (tertiary/aromatic N) is 4. The van der Waals surface area contributed by atoms with Crippen molar-refractivity contribution in [2.45, 2.75) is 6.54 Å². The van der Waals surface area contributed by atoms with Crippen molar-refractivity contribution in [1.29, 1.82) is 0 Å². The highest BCUT2D eigenvalue weighted by atomic mass is 32.1. The number of rotatable bonds is 3. The molecule has 68 valence electrons. The van der Waals surface area contributed by atoms with Crippen molar-refractivity contribution in [2.75, 3.05) is 5.32 Å². The van der Waals surface area contributed by atoms with Crippen LogP contribution >= 0.6 is 11.5 Å². The fourth-order valence-electron chi connectivity index (χ4n) is 0.997. The van der Waals surface area contributed by atoms with Gasteiger partial charge in [-0.05, 0) is 6.07 Å². The molecule has 0 aromatic carbocycles. The first kappa shape index (κ1) is 8.18. The molecule has 5 nitrogen and oxygen atoms in total. The summed E-state index contributed by atoms with van der Waals surface area (Å²) >= 11 is 1.35. The van der Waals surface area contributed by atoms with Crippen molar-refractivity contribution in [3.05, 3.63) is 24.2 Å². The van der Waals surface area contributed by atoms with Gasteiger partial charge in [-0.1, -0.05) is 4.49 Å². The van der Waals surface area contributed by atoms with Crippen molar-refractivity contribution in [1.82, 2.24) is 19.4 Å². The average Bonchev–Trinajstić information content (AvgIpc) is 2.72. The Bertz CT molecular complexity index is 366. The highest BCUT2D eigenvalue weighted by molar-refractivity contribution is 7.09. The molecule has 0 saturated carbocycles. The van der Waals surface area contributed by atoms with E-state index in [4.69, 9.17) is 0 Å². The highest BCUT2D eigenvalue weighted by Gasteiger charge is 1.98. The highest BCUT2D eigenvalue weighted by Crippen LogP contribution is 2.10. The molecule has 0 atom stereocenters. The predicted molar refractivity (Wildman–Crippen MR) is 50.4 cm³/mol. The Morgan fingerprint density at radius 1 is 1.62 bits per heavy atom. The molecule has 2 aromatic heterocycles. The van der Waals surface area contributed by atoms with Crippen LogP contribution in [0.25, 0.3) is 0 Å². The summed E-state index contributed by atoms with van der Waals surface area (Å²) in [5, 5.41) is 12.0. The van der Waals surface area contributed by atoms with E-state index in [0.717, 1.165) is 17.2 Å².